The van der Waals surface area contributed by atoms with Gasteiger partial charge in [-0.1, -0.05) is 13.0 Å². The number of ether oxygens (including phenoxy) is 1. The van der Waals surface area contributed by atoms with Crippen molar-refractivity contribution in [3.05, 3.63) is 30.1 Å². The monoisotopic (exact) mass is 209 g/mol. The molecule has 1 aromatic carbocycles. The fourth-order valence-electron chi connectivity index (χ4n) is 1.59. The summed E-state index contributed by atoms with van der Waals surface area (Å²) in [5.41, 5.74) is 0.552. The zero-order chi connectivity index (χ0) is 10.8. The van der Waals surface area contributed by atoms with Crippen LogP contribution in [0.1, 0.15) is 13.3 Å². The molecule has 1 aliphatic heterocycles. The average molecular weight is 209 g/mol. The Hall–Kier alpha value is -1.58. The number of amides is 1. The van der Waals surface area contributed by atoms with E-state index >= 15 is 0 Å². The van der Waals surface area contributed by atoms with Crippen LogP contribution in [0.4, 0.5) is 14.9 Å². The van der Waals surface area contributed by atoms with Crippen molar-refractivity contribution in [1.29, 1.82) is 0 Å². The Bertz CT molecular complexity index is 381. The lowest BCUT2D eigenvalue weighted by Gasteiger charge is -2.12. The number of nitrogens with zero attached hydrogens (tertiary/aromatic N) is 1. The van der Waals surface area contributed by atoms with Gasteiger partial charge in [0.05, 0.1) is 12.2 Å². The van der Waals surface area contributed by atoms with Crippen molar-refractivity contribution >= 4 is 11.8 Å². The largest absolute Gasteiger partial charge is 0.444 e. The highest BCUT2D eigenvalue weighted by atomic mass is 19.1. The van der Waals surface area contributed by atoms with E-state index in [0.717, 1.165) is 6.42 Å². The second kappa shape index (κ2) is 3.88. The first-order valence-corrected chi connectivity index (χ1v) is 4.94. The topological polar surface area (TPSA) is 29.5 Å². The maximum Gasteiger partial charge on any atom is 0.414 e. The minimum Gasteiger partial charge on any atom is -0.444 e. The number of carbonyl (C=O) groups excluding carboxylic acids is 1. The summed E-state index contributed by atoms with van der Waals surface area (Å²) < 4.78 is 18.0. The van der Waals surface area contributed by atoms with Crippen LogP contribution in [-0.2, 0) is 4.74 Å². The molecule has 2 rings (SSSR count). The third kappa shape index (κ3) is 1.93. The Balaban J connectivity index is 2.21. The molecular formula is C11H12FNO2. The van der Waals surface area contributed by atoms with Crippen LogP contribution in [0.3, 0.4) is 0 Å². The van der Waals surface area contributed by atoms with Crippen LogP contribution in [-0.4, -0.2) is 18.7 Å². The minimum absolute atomic E-state index is 0.0826. The summed E-state index contributed by atoms with van der Waals surface area (Å²) in [6, 6.07) is 5.96. The third-order valence-electron chi connectivity index (χ3n) is 2.45. The summed E-state index contributed by atoms with van der Waals surface area (Å²) in [7, 11) is 0. The first-order chi connectivity index (χ1) is 7.20. The van der Waals surface area contributed by atoms with E-state index in [1.54, 1.807) is 12.1 Å². The van der Waals surface area contributed by atoms with Crippen LogP contribution >= 0.6 is 0 Å². The normalized spacial score (nSPS) is 20.5. The highest BCUT2D eigenvalue weighted by molar-refractivity contribution is 5.89. The molecule has 1 aromatic rings. The second-order valence-electron chi connectivity index (χ2n) is 3.50. The van der Waals surface area contributed by atoms with E-state index in [9.17, 15) is 9.18 Å². The van der Waals surface area contributed by atoms with Gasteiger partial charge in [0.2, 0.25) is 0 Å². The molecule has 1 aliphatic rings. The molecule has 0 unspecified atom stereocenters. The Kier molecular flexibility index (Phi) is 2.58. The SMILES string of the molecule is CC[C@H]1CN(c2cccc(F)c2)C(=O)O1. The van der Waals surface area contributed by atoms with Crippen molar-refractivity contribution in [2.75, 3.05) is 11.4 Å². The van der Waals surface area contributed by atoms with Crippen molar-refractivity contribution in [3.8, 4) is 0 Å². The van der Waals surface area contributed by atoms with Gasteiger partial charge in [-0.15, -0.1) is 0 Å². The van der Waals surface area contributed by atoms with Gasteiger partial charge < -0.3 is 4.74 Å². The summed E-state index contributed by atoms with van der Waals surface area (Å²) in [5.74, 6) is -0.347. The molecule has 0 aromatic heterocycles. The molecule has 0 aliphatic carbocycles. The predicted octanol–water partition coefficient (Wildman–Crippen LogP) is 2.56. The minimum atomic E-state index is -0.396. The summed E-state index contributed by atoms with van der Waals surface area (Å²) in [6.45, 7) is 2.45. The van der Waals surface area contributed by atoms with Crippen LogP contribution < -0.4 is 4.90 Å². The summed E-state index contributed by atoms with van der Waals surface area (Å²) in [6.07, 6.45) is 0.297. The molecule has 15 heavy (non-hydrogen) atoms. The van der Waals surface area contributed by atoms with Gasteiger partial charge in [-0.25, -0.2) is 9.18 Å². The van der Waals surface area contributed by atoms with E-state index < -0.39 is 6.09 Å². The molecule has 0 saturated carbocycles. The van der Waals surface area contributed by atoms with Crippen LogP contribution in [0.2, 0.25) is 0 Å². The van der Waals surface area contributed by atoms with Gasteiger partial charge in [0.1, 0.15) is 11.9 Å². The van der Waals surface area contributed by atoms with Crippen molar-refractivity contribution in [2.24, 2.45) is 0 Å². The first-order valence-electron chi connectivity index (χ1n) is 4.94. The molecule has 1 saturated heterocycles. The summed E-state index contributed by atoms with van der Waals surface area (Å²) in [4.78, 5) is 12.9. The Morgan fingerprint density at radius 1 is 1.60 bits per heavy atom. The smallest absolute Gasteiger partial charge is 0.414 e. The summed E-state index contributed by atoms with van der Waals surface area (Å²) >= 11 is 0. The van der Waals surface area contributed by atoms with Crippen molar-refractivity contribution in [2.45, 2.75) is 19.4 Å². The number of hydrogen-bond donors (Lipinski definition) is 0. The van der Waals surface area contributed by atoms with E-state index in [0.29, 0.717) is 12.2 Å². The standard InChI is InChI=1S/C11H12FNO2/c1-2-10-7-13(11(14)15-10)9-5-3-4-8(12)6-9/h3-6,10H,2,7H2,1H3/t10-/m0/s1. The highest BCUT2D eigenvalue weighted by Crippen LogP contribution is 2.23. The maximum atomic E-state index is 12.9. The van der Waals surface area contributed by atoms with Crippen LogP contribution in [0.5, 0.6) is 0 Å². The van der Waals surface area contributed by atoms with Crippen LogP contribution in [0.25, 0.3) is 0 Å². The number of carbonyl (C=O) groups is 1. The molecule has 0 N–H and O–H groups in total. The van der Waals surface area contributed by atoms with Crippen LogP contribution in [0, 0.1) is 5.82 Å². The maximum absolute atomic E-state index is 12.9. The van der Waals surface area contributed by atoms with Crippen LogP contribution in [0.15, 0.2) is 24.3 Å². The fraction of sp³-hybridized carbons (Fsp3) is 0.364. The zero-order valence-corrected chi connectivity index (χ0v) is 8.44. The highest BCUT2D eigenvalue weighted by Gasteiger charge is 2.31. The number of cyclic esters (lactones) is 1. The summed E-state index contributed by atoms with van der Waals surface area (Å²) in [5, 5.41) is 0. The van der Waals surface area contributed by atoms with Gasteiger partial charge in [0, 0.05) is 0 Å². The second-order valence-corrected chi connectivity index (χ2v) is 3.50. The number of hydrogen-bond acceptors (Lipinski definition) is 2. The molecule has 1 heterocycles. The van der Waals surface area contributed by atoms with Gasteiger partial charge in [0.15, 0.2) is 0 Å². The first kappa shape index (κ1) is 9.96. The molecule has 0 radical (unpaired) electrons. The van der Waals surface area contributed by atoms with Crippen molar-refractivity contribution < 1.29 is 13.9 Å². The third-order valence-corrected chi connectivity index (χ3v) is 2.45. The predicted molar refractivity (Wildman–Crippen MR) is 54.3 cm³/mol. The molecule has 3 nitrogen and oxygen atoms in total. The Morgan fingerprint density at radius 2 is 2.40 bits per heavy atom. The number of rotatable bonds is 2. The fourth-order valence-corrected chi connectivity index (χ4v) is 1.59. The lowest BCUT2D eigenvalue weighted by Crippen LogP contribution is -2.24. The number of anilines is 1. The molecular weight excluding hydrogens is 197 g/mol. The molecule has 1 fully saturated rings. The van der Waals surface area contributed by atoms with Gasteiger partial charge in [-0.05, 0) is 24.6 Å². The molecule has 0 spiro atoms. The van der Waals surface area contributed by atoms with Gasteiger partial charge in [0.25, 0.3) is 0 Å². The van der Waals surface area contributed by atoms with Crippen molar-refractivity contribution in [3.63, 3.8) is 0 Å². The molecule has 4 heteroatoms. The molecule has 1 atom stereocenters. The average Bonchev–Trinajstić information content (AvgIpc) is 2.60. The number of benzene rings is 1. The van der Waals surface area contributed by atoms with E-state index in [4.69, 9.17) is 4.74 Å². The lowest BCUT2D eigenvalue weighted by molar-refractivity contribution is 0.139. The van der Waals surface area contributed by atoms with E-state index in [2.05, 4.69) is 0 Å². The Morgan fingerprint density at radius 3 is 3.00 bits per heavy atom. The number of halogens is 1. The molecule has 0 bridgehead atoms. The van der Waals surface area contributed by atoms with Gasteiger partial charge >= 0.3 is 6.09 Å². The lowest BCUT2D eigenvalue weighted by atomic mass is 10.2. The van der Waals surface area contributed by atoms with E-state index in [1.165, 1.54) is 17.0 Å². The molecule has 80 valence electrons. The van der Waals surface area contributed by atoms with Crippen molar-refractivity contribution in [1.82, 2.24) is 0 Å². The van der Waals surface area contributed by atoms with E-state index in [1.807, 2.05) is 6.92 Å². The molecule has 1 amide bonds. The van der Waals surface area contributed by atoms with E-state index in [-0.39, 0.29) is 11.9 Å². The van der Waals surface area contributed by atoms with Gasteiger partial charge in [-0.2, -0.15) is 0 Å². The quantitative estimate of drug-likeness (QED) is 0.749. The Labute approximate surface area is 87.5 Å². The zero-order valence-electron chi connectivity index (χ0n) is 8.44. The van der Waals surface area contributed by atoms with Gasteiger partial charge in [-0.3, -0.25) is 4.90 Å².